The first-order valence-electron chi connectivity index (χ1n) is 10.4. The first-order valence-corrected chi connectivity index (χ1v) is 10.4. The van der Waals surface area contributed by atoms with Crippen molar-refractivity contribution < 1.29 is 39.9 Å². The lowest BCUT2D eigenvalue weighted by Gasteiger charge is -2.28. The monoisotopic (exact) mass is 495 g/mol. The van der Waals surface area contributed by atoms with Crippen molar-refractivity contribution in [3.8, 4) is 5.75 Å². The maximum atomic E-state index is 12.7. The molecule has 35 heavy (non-hydrogen) atoms. The number of hydrogen-bond acceptors (Lipinski definition) is 11. The third-order valence-electron chi connectivity index (χ3n) is 5.79. The molecule has 190 valence electrons. The lowest BCUT2D eigenvalue weighted by molar-refractivity contribution is -0.148. The van der Waals surface area contributed by atoms with E-state index in [1.54, 1.807) is 0 Å². The number of pyridine rings is 1. The Kier molecular flexibility index (Phi) is 7.67. The zero-order valence-corrected chi connectivity index (χ0v) is 18.2. The average Bonchev–Trinajstić information content (AvgIpc) is 3.10. The molecular formula is C20H25N5O10. The van der Waals surface area contributed by atoms with Crippen LogP contribution in [0, 0.1) is 5.92 Å². The minimum atomic E-state index is -1.90. The van der Waals surface area contributed by atoms with Crippen LogP contribution < -0.4 is 22.3 Å². The summed E-state index contributed by atoms with van der Waals surface area (Å²) in [6.45, 7) is 1.42. The molecule has 15 heteroatoms. The fraction of sp³-hybridized carbons (Fsp3) is 0.450. The van der Waals surface area contributed by atoms with E-state index in [2.05, 4.69) is 15.3 Å². The minimum Gasteiger partial charge on any atom is -0.506 e. The zero-order valence-electron chi connectivity index (χ0n) is 18.2. The van der Waals surface area contributed by atoms with Crippen LogP contribution in [-0.2, 0) is 14.3 Å². The topological polar surface area (TPSA) is 261 Å². The number of aliphatic hydroxyl groups excluding tert-OH is 3. The number of nitrogens with zero attached hydrogens (tertiary/aromatic N) is 1. The number of aromatic nitrogens is 3. The zero-order chi connectivity index (χ0) is 26.0. The molecule has 0 spiro atoms. The summed E-state index contributed by atoms with van der Waals surface area (Å²) in [5, 5.41) is 52.3. The van der Waals surface area contributed by atoms with Gasteiger partial charge in [0.25, 0.3) is 5.56 Å². The molecule has 1 fully saturated rings. The van der Waals surface area contributed by atoms with Gasteiger partial charge in [0, 0.05) is 12.1 Å². The van der Waals surface area contributed by atoms with Gasteiger partial charge in [-0.25, -0.2) is 9.59 Å². The number of aliphatic hydroxyl groups is 3. The third-order valence-corrected chi connectivity index (χ3v) is 5.79. The van der Waals surface area contributed by atoms with E-state index in [0.717, 1.165) is 12.4 Å². The summed E-state index contributed by atoms with van der Waals surface area (Å²) in [4.78, 5) is 55.8. The second-order valence-corrected chi connectivity index (χ2v) is 8.13. The van der Waals surface area contributed by atoms with Crippen LogP contribution in [0.4, 0.5) is 0 Å². The van der Waals surface area contributed by atoms with Crippen molar-refractivity contribution in [2.45, 2.75) is 49.5 Å². The van der Waals surface area contributed by atoms with Gasteiger partial charge in [0.05, 0.1) is 23.5 Å². The number of aliphatic carboxylic acids is 1. The highest BCUT2D eigenvalue weighted by Gasteiger charge is 2.50. The summed E-state index contributed by atoms with van der Waals surface area (Å²) < 4.78 is 5.42. The van der Waals surface area contributed by atoms with Crippen molar-refractivity contribution in [2.24, 2.45) is 11.7 Å². The van der Waals surface area contributed by atoms with Gasteiger partial charge in [0.1, 0.15) is 36.3 Å². The number of carbonyl (C=O) groups is 2. The summed E-state index contributed by atoms with van der Waals surface area (Å²) in [5.74, 6) is -3.75. The first-order chi connectivity index (χ1) is 16.4. The number of aromatic amines is 2. The third kappa shape index (κ3) is 5.39. The number of carbonyl (C=O) groups excluding carboxylic acids is 1. The largest absolute Gasteiger partial charge is 0.506 e. The summed E-state index contributed by atoms with van der Waals surface area (Å²) in [6.07, 6.45) is -6.11. The van der Waals surface area contributed by atoms with Crippen LogP contribution in [0.2, 0.25) is 0 Å². The Morgan fingerprint density at radius 1 is 1.23 bits per heavy atom. The van der Waals surface area contributed by atoms with Gasteiger partial charge >= 0.3 is 11.7 Å². The average molecular weight is 495 g/mol. The number of amides is 1. The summed E-state index contributed by atoms with van der Waals surface area (Å²) >= 11 is 0. The number of hydrogen-bond donors (Lipinski definition) is 9. The van der Waals surface area contributed by atoms with Crippen molar-refractivity contribution in [1.29, 1.82) is 0 Å². The van der Waals surface area contributed by atoms with Crippen LogP contribution in [0.25, 0.3) is 0 Å². The van der Waals surface area contributed by atoms with Crippen molar-refractivity contribution in [3.05, 3.63) is 56.6 Å². The van der Waals surface area contributed by atoms with Gasteiger partial charge < -0.3 is 46.3 Å². The quantitative estimate of drug-likeness (QED) is 0.173. The van der Waals surface area contributed by atoms with Crippen LogP contribution >= 0.6 is 0 Å². The molecule has 0 aliphatic carbocycles. The Morgan fingerprint density at radius 2 is 1.91 bits per heavy atom. The van der Waals surface area contributed by atoms with Crippen molar-refractivity contribution in [2.75, 3.05) is 0 Å². The second-order valence-electron chi connectivity index (χ2n) is 8.13. The number of nitrogens with two attached hydrogens (primary N) is 1. The van der Waals surface area contributed by atoms with Crippen molar-refractivity contribution >= 4 is 11.9 Å². The SMILES string of the molecule is CC(C(N)C(=O)NC(C(=O)O)[C@H]1O[C@@H](c2c[nH]c(=O)[nH]c2=O)[C@H](O)[C@@H]1O)C(O)c1ccc(O)cn1. The fourth-order valence-corrected chi connectivity index (χ4v) is 3.68. The Morgan fingerprint density at radius 3 is 2.49 bits per heavy atom. The van der Waals surface area contributed by atoms with E-state index in [0.29, 0.717) is 0 Å². The molecule has 4 unspecified atom stereocenters. The Balaban J connectivity index is 1.76. The standard InChI is InChI=1S/C20H25N5O10/c1-6(12(27)9-3-2-7(26)4-22-9)10(21)18(31)24-11(19(32)33)16-14(29)13(28)15(35-16)8-5-23-20(34)25-17(8)30/h2-6,10-16,26-29H,21H2,1H3,(H,24,31)(H,32,33)(H2,23,25,30,34)/t6?,10?,11?,12?,13-,14+,15+,16-/m1/s1. The van der Waals surface area contributed by atoms with Gasteiger partial charge in [-0.3, -0.25) is 19.6 Å². The molecule has 2 aromatic rings. The molecule has 3 heterocycles. The van der Waals surface area contributed by atoms with Gasteiger partial charge in [0.2, 0.25) is 5.91 Å². The summed E-state index contributed by atoms with van der Waals surface area (Å²) in [7, 11) is 0. The van der Waals surface area contributed by atoms with E-state index in [4.69, 9.17) is 10.5 Å². The lowest BCUT2D eigenvalue weighted by atomic mass is 9.92. The molecule has 0 aromatic carbocycles. The molecule has 1 aliphatic heterocycles. The molecule has 8 atom stereocenters. The maximum Gasteiger partial charge on any atom is 0.329 e. The first kappa shape index (κ1) is 26.0. The molecule has 15 nitrogen and oxygen atoms in total. The lowest BCUT2D eigenvalue weighted by Crippen LogP contribution is -2.57. The highest BCUT2D eigenvalue weighted by atomic mass is 16.5. The Labute approximate surface area is 196 Å². The van der Waals surface area contributed by atoms with E-state index in [-0.39, 0.29) is 17.0 Å². The summed E-state index contributed by atoms with van der Waals surface area (Å²) in [6, 6.07) is -0.743. The van der Waals surface area contributed by atoms with Crippen LogP contribution in [0.3, 0.4) is 0 Å². The van der Waals surface area contributed by atoms with E-state index < -0.39 is 71.6 Å². The molecule has 1 aliphatic rings. The molecule has 10 N–H and O–H groups in total. The van der Waals surface area contributed by atoms with Gasteiger partial charge in [-0.15, -0.1) is 0 Å². The molecule has 0 bridgehead atoms. The van der Waals surface area contributed by atoms with E-state index in [1.165, 1.54) is 19.1 Å². The van der Waals surface area contributed by atoms with Gasteiger partial charge in [-0.1, -0.05) is 6.92 Å². The smallest absolute Gasteiger partial charge is 0.329 e. The normalized spacial score (nSPS) is 25.4. The summed E-state index contributed by atoms with van der Waals surface area (Å²) in [5.41, 5.74) is 4.00. The number of ether oxygens (including phenoxy) is 1. The number of carboxylic acid groups (broad SMARTS) is 1. The van der Waals surface area contributed by atoms with Crippen LogP contribution in [0.5, 0.6) is 5.75 Å². The second kappa shape index (κ2) is 10.3. The van der Waals surface area contributed by atoms with E-state index in [1.807, 2.05) is 4.98 Å². The highest BCUT2D eigenvalue weighted by Crippen LogP contribution is 2.33. The number of H-pyrrole nitrogens is 2. The number of aromatic hydroxyl groups is 1. The molecule has 1 amide bonds. The number of carboxylic acids is 1. The minimum absolute atomic E-state index is 0.111. The number of rotatable bonds is 8. The Hall–Kier alpha value is -3.63. The molecular weight excluding hydrogens is 470 g/mol. The predicted octanol–water partition coefficient (Wildman–Crippen LogP) is -3.41. The van der Waals surface area contributed by atoms with Crippen molar-refractivity contribution in [3.63, 3.8) is 0 Å². The van der Waals surface area contributed by atoms with Gasteiger partial charge in [-0.05, 0) is 12.1 Å². The van der Waals surface area contributed by atoms with Crippen LogP contribution in [-0.4, -0.2) is 82.8 Å². The van der Waals surface area contributed by atoms with Gasteiger partial charge in [-0.2, -0.15) is 0 Å². The van der Waals surface area contributed by atoms with Crippen molar-refractivity contribution in [1.82, 2.24) is 20.3 Å². The molecule has 3 rings (SSSR count). The van der Waals surface area contributed by atoms with E-state index >= 15 is 0 Å². The molecule has 2 aromatic heterocycles. The molecule has 0 radical (unpaired) electrons. The van der Waals surface area contributed by atoms with Crippen LogP contribution in [0.1, 0.15) is 30.4 Å². The van der Waals surface area contributed by atoms with Crippen LogP contribution in [0.15, 0.2) is 34.1 Å². The predicted molar refractivity (Wildman–Crippen MR) is 115 cm³/mol. The number of nitrogens with one attached hydrogen (secondary N) is 3. The highest BCUT2D eigenvalue weighted by molar-refractivity contribution is 5.87. The van der Waals surface area contributed by atoms with Gasteiger partial charge in [0.15, 0.2) is 6.04 Å². The Bertz CT molecular complexity index is 1180. The molecule has 1 saturated heterocycles. The van der Waals surface area contributed by atoms with E-state index in [9.17, 15) is 44.7 Å². The molecule has 0 saturated carbocycles. The fourth-order valence-electron chi connectivity index (χ4n) is 3.68. The maximum absolute atomic E-state index is 12.7.